The van der Waals surface area contributed by atoms with Gasteiger partial charge in [0, 0.05) is 65.0 Å². The average molecular weight is 1680 g/mol. The predicted octanol–water partition coefficient (Wildman–Crippen LogP) is 7.66. The molecule has 0 radical (unpaired) electrons. The average Bonchev–Trinajstić information content (AvgIpc) is 1.69. The van der Waals surface area contributed by atoms with Crippen LogP contribution in [0.25, 0.3) is 0 Å². The molecule has 670 valence electrons. The highest BCUT2D eigenvalue weighted by Crippen LogP contribution is 2.43. The Morgan fingerprint density at radius 2 is 0.940 bits per heavy atom. The summed E-state index contributed by atoms with van der Waals surface area (Å²) >= 11 is 0. The summed E-state index contributed by atoms with van der Waals surface area (Å²) < 4.78 is 55.8. The van der Waals surface area contributed by atoms with Crippen LogP contribution in [0, 0.1) is 0 Å². The maximum Gasteiger partial charge on any atom is 0.472 e. The number of nitrogens with zero attached hydrogens (tertiary/aromatic N) is 3. The topological polar surface area (TPSA) is 482 Å². The summed E-state index contributed by atoms with van der Waals surface area (Å²) in [4.78, 5) is 161. The molecule has 0 bridgehead atoms. The van der Waals surface area contributed by atoms with E-state index in [9.17, 15) is 72.4 Å². The number of aliphatic imine (C=N–C) groups is 1. The summed E-state index contributed by atoms with van der Waals surface area (Å²) in [6, 6.07) is -5.78. The molecule has 0 aromatic carbocycles. The number of carbonyl (C=O) groups excluding carboxylic acids is 10. The van der Waals surface area contributed by atoms with E-state index >= 15 is 0 Å². The van der Waals surface area contributed by atoms with Crippen molar-refractivity contribution in [2.45, 2.75) is 333 Å². The molecule has 13 N–H and O–H groups in total. The summed E-state index contributed by atoms with van der Waals surface area (Å²) in [5.41, 5.74) is 10.7. The van der Waals surface area contributed by atoms with Gasteiger partial charge < -0.3 is 96.7 Å². The van der Waals surface area contributed by atoms with Gasteiger partial charge in [-0.05, 0) is 71.1 Å². The van der Waals surface area contributed by atoms with Gasteiger partial charge in [-0.1, -0.05) is 194 Å². The number of amides is 8. The van der Waals surface area contributed by atoms with Crippen molar-refractivity contribution in [2.24, 2.45) is 16.5 Å². The van der Waals surface area contributed by atoms with Gasteiger partial charge in [-0.2, -0.15) is 0 Å². The van der Waals surface area contributed by atoms with Gasteiger partial charge in [0.25, 0.3) is 0 Å². The minimum atomic E-state index is -4.70. The number of hydrogen-bond donors (Lipinski definition) is 11. The fourth-order valence-corrected chi connectivity index (χ4v) is 14.2. The summed E-state index contributed by atoms with van der Waals surface area (Å²) in [6.45, 7) is 6.86. The highest BCUT2D eigenvalue weighted by Gasteiger charge is 2.44. The van der Waals surface area contributed by atoms with E-state index in [0.717, 1.165) is 51.4 Å². The quantitative estimate of drug-likeness (QED) is 0.00914. The van der Waals surface area contributed by atoms with E-state index in [0.29, 0.717) is 38.5 Å². The van der Waals surface area contributed by atoms with Crippen molar-refractivity contribution in [3.63, 3.8) is 0 Å². The molecule has 0 aromatic heterocycles. The number of esters is 2. The molecule has 2 aliphatic heterocycles. The Balaban J connectivity index is 1.62. The van der Waals surface area contributed by atoms with Crippen molar-refractivity contribution in [3.8, 4) is 0 Å². The Bertz CT molecular complexity index is 2830. The van der Waals surface area contributed by atoms with Gasteiger partial charge >= 0.3 is 25.7 Å². The second-order valence-electron chi connectivity index (χ2n) is 30.2. The summed E-state index contributed by atoms with van der Waals surface area (Å²) in [5.74, 6) is -6.75. The number of aliphatic carboxylic acids is 1. The zero-order chi connectivity index (χ0) is 85.2. The number of phosphoric acid groups is 1. The van der Waals surface area contributed by atoms with Crippen LogP contribution in [0.1, 0.15) is 291 Å². The molecule has 0 spiro atoms. The number of unbranched alkanes of at least 4 members (excludes halogenated alkanes) is 26. The Morgan fingerprint density at radius 1 is 0.483 bits per heavy atom. The molecule has 8 unspecified atom stereocenters. The highest BCUT2D eigenvalue weighted by molar-refractivity contribution is 7.47. The number of nitrogens with two attached hydrogens (primary N) is 2. The van der Waals surface area contributed by atoms with Gasteiger partial charge in [-0.25, -0.2) is 9.36 Å². The van der Waals surface area contributed by atoms with E-state index in [2.05, 4.69) is 50.7 Å². The van der Waals surface area contributed by atoms with Crippen LogP contribution < -0.4 is 43.4 Å². The van der Waals surface area contributed by atoms with Crippen LogP contribution in [0.15, 0.2) is 4.99 Å². The lowest BCUT2D eigenvalue weighted by Gasteiger charge is -2.33. The van der Waals surface area contributed by atoms with Crippen LogP contribution in [0.4, 0.5) is 0 Å². The van der Waals surface area contributed by atoms with Crippen LogP contribution in [-0.4, -0.2) is 250 Å². The number of ether oxygens (including phenoxy) is 6. The summed E-state index contributed by atoms with van der Waals surface area (Å²) in [6.07, 6.45) is 32.4. The smallest absolute Gasteiger partial charge is 0.472 e. The number of phosphoric ester groups is 1. The molecule has 8 atom stereocenters. The van der Waals surface area contributed by atoms with E-state index in [4.69, 9.17) is 48.9 Å². The molecule has 2 fully saturated rings. The number of carbonyl (C=O) groups is 11. The molecular weight excluding hydrogens is 1530 g/mol. The van der Waals surface area contributed by atoms with Gasteiger partial charge in [-0.15, -0.1) is 0 Å². The molecule has 2 saturated heterocycles. The first kappa shape index (κ1) is 105. The predicted molar refractivity (Wildman–Crippen MR) is 438 cm³/mol. The Kier molecular flexibility index (Phi) is 61.9. The number of aliphatic hydroxyl groups excluding tert-OH is 1. The second kappa shape index (κ2) is 68.2. The summed E-state index contributed by atoms with van der Waals surface area (Å²) in [5, 5.41) is 36.0. The Morgan fingerprint density at radius 3 is 1.46 bits per heavy atom. The third kappa shape index (κ3) is 53.7. The van der Waals surface area contributed by atoms with Crippen molar-refractivity contribution in [1.82, 2.24) is 41.7 Å². The van der Waals surface area contributed by atoms with E-state index in [1.807, 2.05) is 6.92 Å². The normalized spacial score (nSPS) is 15.8. The number of hydrogen-bond acceptors (Lipinski definition) is 22. The standard InChI is InChI=1S/C81H148N11O23P/c1-5-8-11-13-15-17-19-21-23-25-27-29-32-44-73(98)112-59-64(115-74(99)45-33-30-28-26-24-22-20-18-16-14-12-9-6-2)60-114-116(106,107)113-54-49-85-70(95)43-34-42-69(94)84-47-52-108-55-57-110-61-71(96)86-48-53-109-56-58-111-62-72(97)90-75(63(4)93)77(101)88-65(38-31-10-7-3)78(102)92-51-37-41-68(92)79(103)91-50-36-40-67(91)76(100)89-66(80(104)105)39-35-46-87-81(82)83/h63-68,75,93H,5-62H2,1-4H3,(H,84,94)(H,85,95)(H,86,96)(H,88,101)(H,89,100)(H,90,97)(H,104,105)(H,106,107)(H4,82,83,87). The molecule has 35 heteroatoms. The maximum atomic E-state index is 14.3. The lowest BCUT2D eigenvalue weighted by molar-refractivity contribution is -0.161. The minimum absolute atomic E-state index is 0.00876. The van der Waals surface area contributed by atoms with Gasteiger partial charge in [0.05, 0.1) is 59.0 Å². The first-order valence-corrected chi connectivity index (χ1v) is 45.0. The summed E-state index contributed by atoms with van der Waals surface area (Å²) in [7, 11) is -4.70. The van der Waals surface area contributed by atoms with E-state index in [-0.39, 0.29) is 162 Å². The number of guanidine groups is 1. The second-order valence-corrected chi connectivity index (χ2v) is 31.6. The molecule has 8 amide bonds. The molecule has 0 aromatic rings. The number of rotatable bonds is 75. The van der Waals surface area contributed by atoms with Crippen molar-refractivity contribution in [2.75, 3.05) is 112 Å². The molecule has 2 aliphatic rings. The van der Waals surface area contributed by atoms with Gasteiger partial charge in [-0.3, -0.25) is 62.0 Å². The highest BCUT2D eigenvalue weighted by atomic mass is 31.2. The lowest BCUT2D eigenvalue weighted by Crippen LogP contribution is -2.59. The first-order chi connectivity index (χ1) is 55.9. The van der Waals surface area contributed by atoms with Crippen LogP contribution in [0.2, 0.25) is 0 Å². The van der Waals surface area contributed by atoms with Gasteiger partial charge in [0.15, 0.2) is 12.1 Å². The molecule has 2 rings (SSSR count). The third-order valence-corrected chi connectivity index (χ3v) is 21.0. The van der Waals surface area contributed by atoms with Crippen LogP contribution in [0.5, 0.6) is 0 Å². The number of aliphatic hydroxyl groups is 1. The van der Waals surface area contributed by atoms with E-state index in [1.54, 1.807) is 0 Å². The van der Waals surface area contributed by atoms with Crippen LogP contribution in [0.3, 0.4) is 0 Å². The number of carboxylic acids is 1. The number of carboxylic acid groups (broad SMARTS) is 1. The van der Waals surface area contributed by atoms with E-state index in [1.165, 1.54) is 132 Å². The zero-order valence-corrected chi connectivity index (χ0v) is 71.4. The van der Waals surface area contributed by atoms with E-state index < -0.39 is 129 Å². The molecule has 0 aliphatic carbocycles. The van der Waals surface area contributed by atoms with Crippen molar-refractivity contribution in [1.29, 1.82) is 0 Å². The lowest BCUT2D eigenvalue weighted by atomic mass is 10.0. The monoisotopic (exact) mass is 1670 g/mol. The van der Waals surface area contributed by atoms with Crippen LogP contribution >= 0.6 is 7.82 Å². The van der Waals surface area contributed by atoms with Gasteiger partial charge in [0.1, 0.15) is 50.0 Å². The zero-order valence-electron chi connectivity index (χ0n) is 70.5. The Labute approximate surface area is 689 Å². The van der Waals surface area contributed by atoms with Crippen LogP contribution in [-0.2, 0) is 94.8 Å². The van der Waals surface area contributed by atoms with Crippen molar-refractivity contribution in [3.05, 3.63) is 0 Å². The number of likely N-dealkylation sites (tertiary alicyclic amines) is 2. The van der Waals surface area contributed by atoms with Crippen molar-refractivity contribution >= 4 is 78.9 Å². The number of nitrogens with one attached hydrogen (secondary N) is 6. The van der Waals surface area contributed by atoms with Crippen molar-refractivity contribution < 1.29 is 110 Å². The first-order valence-electron chi connectivity index (χ1n) is 43.5. The molecule has 34 nitrogen and oxygen atoms in total. The minimum Gasteiger partial charge on any atom is -0.480 e. The fourth-order valence-electron chi connectivity index (χ4n) is 13.4. The largest absolute Gasteiger partial charge is 0.480 e. The third-order valence-electron chi connectivity index (χ3n) is 20.0. The molecule has 2 heterocycles. The molecular formula is C81H148N11O23P. The maximum absolute atomic E-state index is 14.3. The molecule has 116 heavy (non-hydrogen) atoms. The van der Waals surface area contributed by atoms with Gasteiger partial charge in [0.2, 0.25) is 47.3 Å². The fraction of sp³-hybridized carbons (Fsp3) is 0.852. The molecule has 0 saturated carbocycles. The SMILES string of the molecule is CCCCCCCCCCCCCCCC(=O)OCC(COP(=O)(O)OCCNC(=O)CCCC(=O)NCCOCCOCC(=O)NCCOCCOCC(=O)NC(C(=O)NC(CCCCC)C(=O)N1CCCC1C(=O)N1CCCC1C(=O)NC(CCCN=C(N)N)C(=O)O)C(C)O)OC(=O)CCCCCCCCCCCCCCC. The Hall–Kier alpha value is -6.65.